The van der Waals surface area contributed by atoms with Gasteiger partial charge in [-0.25, -0.2) is 9.13 Å². The molecule has 0 aromatic heterocycles. The molecule has 0 amide bonds. The number of hydrogen-bond acceptors (Lipinski definition) is 15. The van der Waals surface area contributed by atoms with Crippen LogP contribution < -0.4 is 0 Å². The van der Waals surface area contributed by atoms with Gasteiger partial charge < -0.3 is 33.8 Å². The fraction of sp³-hybridized carbons (Fsp3) is 0.939. The molecule has 17 nitrogen and oxygen atoms in total. The lowest BCUT2D eigenvalue weighted by molar-refractivity contribution is -0.161. The van der Waals surface area contributed by atoms with Crippen molar-refractivity contribution in [3.8, 4) is 0 Å². The second-order valence-corrected chi connectivity index (χ2v) is 27.2. The third kappa shape index (κ3) is 60.7. The summed E-state index contributed by atoms with van der Waals surface area (Å²) in [7, 11) is -9.88. The first-order valence-electron chi connectivity index (χ1n) is 34.6. The summed E-state index contributed by atoms with van der Waals surface area (Å²) in [5.41, 5.74) is 0. The summed E-state index contributed by atoms with van der Waals surface area (Å²) in [6, 6.07) is 0. The van der Waals surface area contributed by atoms with Gasteiger partial charge in [-0.15, -0.1) is 0 Å². The van der Waals surface area contributed by atoms with E-state index in [4.69, 9.17) is 37.0 Å². The predicted molar refractivity (Wildman–Crippen MR) is 340 cm³/mol. The molecule has 5 atom stereocenters. The number of carbonyl (C=O) groups is 4. The lowest BCUT2D eigenvalue weighted by atomic mass is 10.0. The second kappa shape index (κ2) is 59.7. The molecule has 0 rings (SSSR count). The fourth-order valence-electron chi connectivity index (χ4n) is 9.94. The van der Waals surface area contributed by atoms with Gasteiger partial charge in [-0.2, -0.15) is 0 Å². The summed E-state index contributed by atoms with van der Waals surface area (Å²) in [5.74, 6) is -1.37. The van der Waals surface area contributed by atoms with Gasteiger partial charge in [0.1, 0.15) is 19.3 Å². The van der Waals surface area contributed by atoms with Gasteiger partial charge in [-0.05, 0) is 31.6 Å². The number of aliphatic hydroxyl groups is 1. The third-order valence-electron chi connectivity index (χ3n) is 15.3. The Morgan fingerprint density at radius 1 is 0.318 bits per heavy atom. The van der Waals surface area contributed by atoms with Crippen LogP contribution in [0.2, 0.25) is 0 Å². The fourth-order valence-corrected chi connectivity index (χ4v) is 11.5. The molecule has 3 N–H and O–H groups in total. The van der Waals surface area contributed by atoms with Crippen molar-refractivity contribution in [1.82, 2.24) is 0 Å². The highest BCUT2D eigenvalue weighted by Gasteiger charge is 2.30. The summed E-state index contributed by atoms with van der Waals surface area (Å²) in [6.45, 7) is 7.14. The zero-order valence-electron chi connectivity index (χ0n) is 54.7. The van der Waals surface area contributed by atoms with Crippen molar-refractivity contribution >= 4 is 39.5 Å². The van der Waals surface area contributed by atoms with E-state index in [0.717, 1.165) is 102 Å². The van der Waals surface area contributed by atoms with E-state index >= 15 is 0 Å². The minimum Gasteiger partial charge on any atom is -0.462 e. The first kappa shape index (κ1) is 83.1. The number of carbonyl (C=O) groups excluding carboxylic acids is 4. The summed E-state index contributed by atoms with van der Waals surface area (Å²) in [6.07, 6.45) is 44.7. The van der Waals surface area contributed by atoms with E-state index in [1.165, 1.54) is 154 Å². The van der Waals surface area contributed by atoms with E-state index in [2.05, 4.69) is 34.6 Å². The van der Waals surface area contributed by atoms with Gasteiger partial charge in [-0.1, -0.05) is 285 Å². The number of hydrogen-bond donors (Lipinski definition) is 3. The molecule has 85 heavy (non-hydrogen) atoms. The van der Waals surface area contributed by atoms with Crippen molar-refractivity contribution < 1.29 is 80.2 Å². The maximum atomic E-state index is 13.0. The number of phosphoric acid groups is 2. The van der Waals surface area contributed by atoms with Crippen LogP contribution in [0.25, 0.3) is 0 Å². The Labute approximate surface area is 517 Å². The second-order valence-electron chi connectivity index (χ2n) is 24.3. The number of rotatable bonds is 66. The number of ether oxygens (including phenoxy) is 4. The largest absolute Gasteiger partial charge is 0.472 e. The van der Waals surface area contributed by atoms with Crippen LogP contribution in [-0.4, -0.2) is 96.7 Å². The summed E-state index contributed by atoms with van der Waals surface area (Å²) >= 11 is 0. The molecule has 0 aliphatic rings. The van der Waals surface area contributed by atoms with Crippen molar-refractivity contribution in [1.29, 1.82) is 0 Å². The number of aliphatic hydroxyl groups excluding tert-OH is 1. The molecule has 0 bridgehead atoms. The molecular weight excluding hydrogens is 1130 g/mol. The molecule has 0 spiro atoms. The summed E-state index contributed by atoms with van der Waals surface area (Å²) < 4.78 is 67.9. The van der Waals surface area contributed by atoms with Crippen molar-refractivity contribution in [2.75, 3.05) is 39.6 Å². The highest BCUT2D eigenvalue weighted by atomic mass is 31.2. The summed E-state index contributed by atoms with van der Waals surface area (Å²) in [4.78, 5) is 72.1. The van der Waals surface area contributed by atoms with Gasteiger partial charge in [-0.3, -0.25) is 37.3 Å². The van der Waals surface area contributed by atoms with Crippen molar-refractivity contribution in [2.24, 2.45) is 5.92 Å². The van der Waals surface area contributed by atoms with Crippen LogP contribution in [0.3, 0.4) is 0 Å². The van der Waals surface area contributed by atoms with Gasteiger partial charge in [0, 0.05) is 25.7 Å². The molecule has 0 aromatic carbocycles. The molecule has 0 fully saturated rings. The first-order chi connectivity index (χ1) is 41.0. The lowest BCUT2D eigenvalue weighted by Gasteiger charge is -2.21. The Bertz CT molecular complexity index is 1650. The van der Waals surface area contributed by atoms with Crippen LogP contribution in [0.15, 0.2) is 0 Å². The van der Waals surface area contributed by atoms with Crippen LogP contribution in [0.5, 0.6) is 0 Å². The average molecular weight is 1260 g/mol. The standard InChI is InChI=1S/C66H128O17P2/c1-6-9-12-15-17-19-21-23-27-31-35-40-45-50-64(69)77-56-62(83-66(71)52-47-42-37-33-29-25-26-30-34-39-43-48-59(4)5)58-81-85(74,75)79-54-60(67)53-78-84(72,73)80-57-61(55-76-63(68)49-44-38-14-11-8-3)82-65(70)51-46-41-36-32-28-24-22-20-18-16-13-10-7-2/h59-62,67H,6-58H2,1-5H3,(H,72,73)(H,74,75)/t60-,61+,62+/m0/s1. The third-order valence-corrected chi connectivity index (χ3v) is 17.2. The average Bonchev–Trinajstić information content (AvgIpc) is 3.51. The molecule has 0 aliphatic heterocycles. The first-order valence-corrected chi connectivity index (χ1v) is 37.6. The van der Waals surface area contributed by atoms with Gasteiger partial charge >= 0.3 is 39.5 Å². The van der Waals surface area contributed by atoms with Gasteiger partial charge in [0.15, 0.2) is 12.2 Å². The number of unbranched alkanes of at least 4 members (excludes halogenated alkanes) is 38. The van der Waals surface area contributed by atoms with Gasteiger partial charge in [0.05, 0.1) is 26.4 Å². The van der Waals surface area contributed by atoms with Crippen LogP contribution in [0, 0.1) is 5.92 Å². The van der Waals surface area contributed by atoms with E-state index in [-0.39, 0.29) is 25.7 Å². The molecule has 19 heteroatoms. The Morgan fingerprint density at radius 2 is 0.541 bits per heavy atom. The molecule has 2 unspecified atom stereocenters. The zero-order chi connectivity index (χ0) is 62.8. The minimum atomic E-state index is -4.94. The van der Waals surface area contributed by atoms with Crippen molar-refractivity contribution in [3.05, 3.63) is 0 Å². The summed E-state index contributed by atoms with van der Waals surface area (Å²) in [5, 5.41) is 10.5. The van der Waals surface area contributed by atoms with E-state index < -0.39 is 97.5 Å². The normalized spacial score (nSPS) is 14.2. The smallest absolute Gasteiger partial charge is 0.462 e. The molecular formula is C66H128O17P2. The number of phosphoric ester groups is 2. The molecule has 504 valence electrons. The van der Waals surface area contributed by atoms with E-state index in [1.54, 1.807) is 0 Å². The lowest BCUT2D eigenvalue weighted by Crippen LogP contribution is -2.30. The molecule has 0 aromatic rings. The highest BCUT2D eigenvalue weighted by molar-refractivity contribution is 7.47. The van der Waals surface area contributed by atoms with Crippen molar-refractivity contribution in [3.63, 3.8) is 0 Å². The van der Waals surface area contributed by atoms with E-state index in [1.807, 2.05) is 0 Å². The van der Waals surface area contributed by atoms with Crippen LogP contribution in [-0.2, 0) is 65.4 Å². The molecule has 0 heterocycles. The van der Waals surface area contributed by atoms with Crippen LogP contribution in [0.1, 0.15) is 336 Å². The SMILES string of the molecule is CCCCCCCCCCCCCCCC(=O)OC[C@H](COP(=O)(O)OC[C@@H](O)COP(=O)(O)OC[C@@H](COC(=O)CCCCCCC)OC(=O)CCCCCCCCCCCCCCC)OC(=O)CCCCCCCCCCCCCC(C)C. The van der Waals surface area contributed by atoms with Gasteiger partial charge in [0.25, 0.3) is 0 Å². The minimum absolute atomic E-state index is 0.107. The van der Waals surface area contributed by atoms with E-state index in [9.17, 15) is 43.2 Å². The van der Waals surface area contributed by atoms with Gasteiger partial charge in [0.2, 0.25) is 0 Å². The topological polar surface area (TPSA) is 237 Å². The maximum absolute atomic E-state index is 13.0. The molecule has 0 radical (unpaired) electrons. The van der Waals surface area contributed by atoms with Crippen molar-refractivity contribution in [2.45, 2.75) is 355 Å². The highest BCUT2D eigenvalue weighted by Crippen LogP contribution is 2.45. The van der Waals surface area contributed by atoms with Crippen LogP contribution >= 0.6 is 15.6 Å². The number of esters is 4. The predicted octanol–water partition coefficient (Wildman–Crippen LogP) is 18.6. The van der Waals surface area contributed by atoms with E-state index in [0.29, 0.717) is 25.7 Å². The Balaban J connectivity index is 5.17. The Morgan fingerprint density at radius 3 is 0.800 bits per heavy atom. The molecule has 0 saturated carbocycles. The zero-order valence-corrected chi connectivity index (χ0v) is 56.5. The molecule has 0 aliphatic carbocycles. The molecule has 0 saturated heterocycles. The quantitative estimate of drug-likeness (QED) is 0.0222. The maximum Gasteiger partial charge on any atom is 0.472 e. The van der Waals surface area contributed by atoms with Crippen LogP contribution in [0.4, 0.5) is 0 Å². The monoisotopic (exact) mass is 1250 g/mol. The Hall–Kier alpha value is -1.94. The Kier molecular flexibility index (Phi) is 58.3.